The number of aryl methyl sites for hydroxylation is 1. The summed E-state index contributed by atoms with van der Waals surface area (Å²) in [4.78, 5) is 41.7. The normalized spacial score (nSPS) is 10.5. The molecule has 0 radical (unpaired) electrons. The number of pyridine rings is 1. The first-order valence-electron chi connectivity index (χ1n) is 8.97. The van der Waals surface area contributed by atoms with Crippen LogP contribution in [0.25, 0.3) is 0 Å². The van der Waals surface area contributed by atoms with Crippen molar-refractivity contribution in [2.75, 3.05) is 25.6 Å². The molecule has 2 aromatic heterocycles. The molecule has 0 aliphatic heterocycles. The number of thiophene rings is 1. The Morgan fingerprint density at radius 3 is 2.46 bits per heavy atom. The van der Waals surface area contributed by atoms with Crippen LogP contribution in [0.3, 0.4) is 0 Å². The zero-order chi connectivity index (χ0) is 20.4. The van der Waals surface area contributed by atoms with Gasteiger partial charge in [-0.05, 0) is 25.1 Å². The van der Waals surface area contributed by atoms with Crippen LogP contribution in [0.4, 0.5) is 5.69 Å². The van der Waals surface area contributed by atoms with Crippen molar-refractivity contribution in [2.45, 2.75) is 32.6 Å². The molecule has 0 aliphatic carbocycles. The predicted octanol–water partition coefficient (Wildman–Crippen LogP) is 3.43. The molecule has 2 heterocycles. The predicted molar refractivity (Wildman–Crippen MR) is 107 cm³/mol. The number of Topliss-reactive ketones (excluding diaryl/α,β-unsaturated/α-hetero) is 2. The molecule has 0 spiro atoms. The molecule has 0 atom stereocenters. The second kappa shape index (κ2) is 11.3. The van der Waals surface area contributed by atoms with Crippen LogP contribution < -0.4 is 10.1 Å². The maximum absolute atomic E-state index is 12.0. The van der Waals surface area contributed by atoms with Gasteiger partial charge in [-0.1, -0.05) is 0 Å². The Balaban J connectivity index is 1.67. The standard InChI is InChI=1S/C20H24N2O5S/c1-14-3-8-18(28-14)17(24)7-5-16(23)6-9-19(25)22-15-4-10-20(21-13-15)27-12-11-26-2/h3-4,8,10,13H,5-7,9,11-12H2,1-2H3,(H,22,25). The van der Waals surface area contributed by atoms with Gasteiger partial charge in [-0.3, -0.25) is 14.4 Å². The first-order valence-corrected chi connectivity index (χ1v) is 9.78. The number of anilines is 1. The van der Waals surface area contributed by atoms with Crippen molar-refractivity contribution in [3.63, 3.8) is 0 Å². The second-order valence-corrected chi connectivity index (χ2v) is 7.43. The van der Waals surface area contributed by atoms with Gasteiger partial charge in [0.05, 0.1) is 23.4 Å². The number of carbonyl (C=O) groups excluding carboxylic acids is 3. The number of carbonyl (C=O) groups is 3. The smallest absolute Gasteiger partial charge is 0.224 e. The molecular weight excluding hydrogens is 380 g/mol. The first-order chi connectivity index (χ1) is 13.5. The number of nitrogens with zero attached hydrogens (tertiary/aromatic N) is 1. The first kappa shape index (κ1) is 21.7. The van der Waals surface area contributed by atoms with Crippen LogP contribution in [-0.2, 0) is 14.3 Å². The molecule has 1 N–H and O–H groups in total. The fourth-order valence-corrected chi connectivity index (χ4v) is 3.17. The van der Waals surface area contributed by atoms with Gasteiger partial charge in [0.1, 0.15) is 12.4 Å². The summed E-state index contributed by atoms with van der Waals surface area (Å²) < 4.78 is 10.2. The van der Waals surface area contributed by atoms with Crippen LogP contribution in [0.15, 0.2) is 30.5 Å². The van der Waals surface area contributed by atoms with Crippen LogP contribution in [-0.4, -0.2) is 42.8 Å². The van der Waals surface area contributed by atoms with Gasteiger partial charge in [0.2, 0.25) is 11.8 Å². The van der Waals surface area contributed by atoms with E-state index in [0.29, 0.717) is 29.7 Å². The highest BCUT2D eigenvalue weighted by Crippen LogP contribution is 2.18. The summed E-state index contributed by atoms with van der Waals surface area (Å²) in [5.41, 5.74) is 0.528. The van der Waals surface area contributed by atoms with Crippen molar-refractivity contribution in [3.05, 3.63) is 40.2 Å². The Labute approximate surface area is 168 Å². The van der Waals surface area contributed by atoms with Crippen molar-refractivity contribution in [3.8, 4) is 5.88 Å². The van der Waals surface area contributed by atoms with Crippen molar-refractivity contribution >= 4 is 34.5 Å². The van der Waals surface area contributed by atoms with E-state index in [1.165, 1.54) is 17.5 Å². The van der Waals surface area contributed by atoms with Crippen LogP contribution in [0.1, 0.15) is 40.2 Å². The van der Waals surface area contributed by atoms with Crippen molar-refractivity contribution in [1.82, 2.24) is 4.98 Å². The van der Waals surface area contributed by atoms with Crippen LogP contribution in [0, 0.1) is 6.92 Å². The Morgan fingerprint density at radius 1 is 1.04 bits per heavy atom. The summed E-state index contributed by atoms with van der Waals surface area (Å²) in [5, 5.41) is 2.69. The lowest BCUT2D eigenvalue weighted by atomic mass is 10.1. The van der Waals surface area contributed by atoms with Gasteiger partial charge >= 0.3 is 0 Å². The van der Waals surface area contributed by atoms with Crippen LogP contribution in [0.2, 0.25) is 0 Å². The van der Waals surface area contributed by atoms with E-state index < -0.39 is 0 Å². The molecule has 0 saturated carbocycles. The summed E-state index contributed by atoms with van der Waals surface area (Å²) in [6, 6.07) is 6.99. The van der Waals surface area contributed by atoms with Gasteiger partial charge in [-0.15, -0.1) is 11.3 Å². The summed E-state index contributed by atoms with van der Waals surface area (Å²) in [7, 11) is 1.59. The zero-order valence-electron chi connectivity index (χ0n) is 16.0. The van der Waals surface area contributed by atoms with E-state index in [-0.39, 0.29) is 43.2 Å². The fraction of sp³-hybridized carbons (Fsp3) is 0.400. The molecule has 2 aromatic rings. The lowest BCUT2D eigenvalue weighted by Crippen LogP contribution is -2.14. The number of amides is 1. The number of methoxy groups -OCH3 is 1. The number of nitrogens with one attached hydrogen (secondary N) is 1. The zero-order valence-corrected chi connectivity index (χ0v) is 16.8. The summed E-state index contributed by atoms with van der Waals surface area (Å²) in [5.74, 6) is 0.0332. The average Bonchev–Trinajstić information content (AvgIpc) is 3.12. The highest BCUT2D eigenvalue weighted by Gasteiger charge is 2.12. The average molecular weight is 404 g/mol. The largest absolute Gasteiger partial charge is 0.475 e. The van der Waals surface area contributed by atoms with Crippen LogP contribution >= 0.6 is 11.3 Å². The summed E-state index contributed by atoms with van der Waals surface area (Å²) in [6.07, 6.45) is 1.99. The van der Waals surface area contributed by atoms with Gasteiger partial charge in [-0.2, -0.15) is 0 Å². The Hall–Kier alpha value is -2.58. The molecule has 1 amide bonds. The SMILES string of the molecule is COCCOc1ccc(NC(=O)CCC(=O)CCC(=O)c2ccc(C)s2)cn1. The van der Waals surface area contributed by atoms with E-state index in [0.717, 1.165) is 4.88 Å². The molecule has 0 unspecified atom stereocenters. The Morgan fingerprint density at radius 2 is 1.82 bits per heavy atom. The lowest BCUT2D eigenvalue weighted by molar-refractivity contribution is -0.122. The minimum atomic E-state index is -0.275. The third-order valence-corrected chi connectivity index (χ3v) is 4.88. The van der Waals surface area contributed by atoms with Crippen molar-refractivity contribution in [1.29, 1.82) is 0 Å². The van der Waals surface area contributed by atoms with Gasteiger partial charge in [-0.25, -0.2) is 4.98 Å². The van der Waals surface area contributed by atoms with E-state index in [2.05, 4.69) is 10.3 Å². The summed E-state index contributed by atoms with van der Waals surface area (Å²) in [6.45, 7) is 2.79. The number of ether oxygens (including phenoxy) is 2. The molecule has 28 heavy (non-hydrogen) atoms. The molecule has 0 fully saturated rings. The van der Waals surface area contributed by atoms with E-state index >= 15 is 0 Å². The monoisotopic (exact) mass is 404 g/mol. The molecule has 8 heteroatoms. The summed E-state index contributed by atoms with van der Waals surface area (Å²) >= 11 is 1.43. The number of rotatable bonds is 12. The van der Waals surface area contributed by atoms with E-state index in [1.54, 1.807) is 25.3 Å². The lowest BCUT2D eigenvalue weighted by Gasteiger charge is -2.07. The van der Waals surface area contributed by atoms with Crippen molar-refractivity contribution in [2.24, 2.45) is 0 Å². The molecule has 0 bridgehead atoms. The third kappa shape index (κ3) is 7.58. The molecule has 0 saturated heterocycles. The topological polar surface area (TPSA) is 94.6 Å². The van der Waals surface area contributed by atoms with Crippen molar-refractivity contribution < 1.29 is 23.9 Å². The third-order valence-electron chi connectivity index (χ3n) is 3.83. The van der Waals surface area contributed by atoms with E-state index in [4.69, 9.17) is 9.47 Å². The molecule has 2 rings (SSSR count). The highest BCUT2D eigenvalue weighted by atomic mass is 32.1. The van der Waals surface area contributed by atoms with Gasteiger partial charge < -0.3 is 14.8 Å². The second-order valence-electron chi connectivity index (χ2n) is 6.15. The number of aromatic nitrogens is 1. The van der Waals surface area contributed by atoms with E-state index in [1.807, 2.05) is 13.0 Å². The van der Waals surface area contributed by atoms with E-state index in [9.17, 15) is 14.4 Å². The minimum absolute atomic E-state index is 0.0326. The molecule has 7 nitrogen and oxygen atoms in total. The Kier molecular flexibility index (Phi) is 8.77. The number of ketones is 2. The van der Waals surface area contributed by atoms with Gasteiger partial charge in [0.15, 0.2) is 5.78 Å². The number of hydrogen-bond donors (Lipinski definition) is 1. The van der Waals surface area contributed by atoms with Gasteiger partial charge in [0, 0.05) is 43.7 Å². The molecule has 150 valence electrons. The minimum Gasteiger partial charge on any atom is -0.475 e. The molecule has 0 aliphatic rings. The fourth-order valence-electron chi connectivity index (χ4n) is 2.33. The quantitative estimate of drug-likeness (QED) is 0.430. The maximum Gasteiger partial charge on any atom is 0.224 e. The molecular formula is C20H24N2O5S. The number of hydrogen-bond acceptors (Lipinski definition) is 7. The van der Waals surface area contributed by atoms with Gasteiger partial charge in [0.25, 0.3) is 0 Å². The van der Waals surface area contributed by atoms with Crippen LogP contribution in [0.5, 0.6) is 5.88 Å². The highest BCUT2D eigenvalue weighted by molar-refractivity contribution is 7.14. The maximum atomic E-state index is 12.0. The Bertz CT molecular complexity index is 801. The molecule has 0 aromatic carbocycles.